The molecule has 0 fully saturated rings. The minimum absolute atomic E-state index is 0.0208. The van der Waals surface area contributed by atoms with E-state index >= 15 is 0 Å². The number of anilines is 1. The monoisotopic (exact) mass is 217 g/mol. The fraction of sp³-hybridized carbons (Fsp3) is 0.250. The predicted octanol–water partition coefficient (Wildman–Crippen LogP) is 1.87. The van der Waals surface area contributed by atoms with Crippen LogP contribution in [0.3, 0.4) is 0 Å². The minimum atomic E-state index is 0.0208. The van der Waals surface area contributed by atoms with Crippen LogP contribution in [0.2, 0.25) is 0 Å². The van der Waals surface area contributed by atoms with E-state index in [-0.39, 0.29) is 6.04 Å². The van der Waals surface area contributed by atoms with Gasteiger partial charge in [-0.2, -0.15) is 0 Å². The summed E-state index contributed by atoms with van der Waals surface area (Å²) in [7, 11) is 1.89. The van der Waals surface area contributed by atoms with Gasteiger partial charge in [-0.15, -0.1) is 0 Å². The van der Waals surface area contributed by atoms with Crippen molar-refractivity contribution < 1.29 is 4.42 Å². The topological polar surface area (TPSA) is 64.1 Å². The Bertz CT molecular complexity index is 445. The van der Waals surface area contributed by atoms with Gasteiger partial charge in [-0.05, 0) is 31.7 Å². The normalized spacial score (nSPS) is 12.6. The number of nitrogens with zero attached hydrogens (tertiary/aromatic N) is 1. The molecule has 2 rings (SSSR count). The van der Waals surface area contributed by atoms with Crippen molar-refractivity contribution in [1.82, 2.24) is 10.3 Å². The summed E-state index contributed by atoms with van der Waals surface area (Å²) in [5.74, 6) is 0.556. The van der Waals surface area contributed by atoms with Crippen molar-refractivity contribution in [2.45, 2.75) is 13.0 Å². The van der Waals surface area contributed by atoms with Gasteiger partial charge in [0.2, 0.25) is 0 Å². The first kappa shape index (κ1) is 10.7. The third-order valence-electron chi connectivity index (χ3n) is 2.69. The molecule has 0 aliphatic rings. The van der Waals surface area contributed by atoms with Crippen LogP contribution in [0.25, 0.3) is 0 Å². The quantitative estimate of drug-likeness (QED) is 0.823. The van der Waals surface area contributed by atoms with Crippen LogP contribution in [-0.2, 0) is 0 Å². The number of nitrogens with one attached hydrogen (secondary N) is 1. The Morgan fingerprint density at radius 3 is 2.81 bits per heavy atom. The van der Waals surface area contributed by atoms with Gasteiger partial charge in [0.15, 0.2) is 0 Å². The first-order chi connectivity index (χ1) is 7.74. The molecule has 16 heavy (non-hydrogen) atoms. The molecule has 1 unspecified atom stereocenters. The fourth-order valence-corrected chi connectivity index (χ4v) is 1.88. The molecule has 0 saturated carbocycles. The molecule has 2 heterocycles. The van der Waals surface area contributed by atoms with E-state index in [4.69, 9.17) is 10.2 Å². The van der Waals surface area contributed by atoms with Crippen LogP contribution in [0.1, 0.15) is 22.7 Å². The number of pyridine rings is 1. The van der Waals surface area contributed by atoms with E-state index < -0.39 is 0 Å². The van der Waals surface area contributed by atoms with E-state index in [0.29, 0.717) is 5.82 Å². The Hall–Kier alpha value is -1.81. The molecule has 0 spiro atoms. The van der Waals surface area contributed by atoms with Gasteiger partial charge >= 0.3 is 0 Å². The molecule has 4 heteroatoms. The van der Waals surface area contributed by atoms with Crippen molar-refractivity contribution in [3.63, 3.8) is 0 Å². The van der Waals surface area contributed by atoms with Gasteiger partial charge in [0.25, 0.3) is 0 Å². The molecule has 1 atom stereocenters. The Morgan fingerprint density at radius 1 is 1.44 bits per heavy atom. The Balaban J connectivity index is 2.49. The second-order valence-electron chi connectivity index (χ2n) is 3.71. The summed E-state index contributed by atoms with van der Waals surface area (Å²) >= 11 is 0. The molecule has 0 radical (unpaired) electrons. The first-order valence-electron chi connectivity index (χ1n) is 5.14. The van der Waals surface area contributed by atoms with Gasteiger partial charge in [-0.25, -0.2) is 4.98 Å². The number of nitrogen functional groups attached to an aromatic ring is 1. The lowest BCUT2D eigenvalue weighted by molar-refractivity contribution is 0.557. The Labute approximate surface area is 94.5 Å². The van der Waals surface area contributed by atoms with E-state index in [1.807, 2.05) is 26.1 Å². The van der Waals surface area contributed by atoms with Crippen molar-refractivity contribution in [2.24, 2.45) is 0 Å². The summed E-state index contributed by atoms with van der Waals surface area (Å²) in [6, 6.07) is 3.90. The molecule has 0 aliphatic heterocycles. The zero-order chi connectivity index (χ0) is 11.5. The zero-order valence-electron chi connectivity index (χ0n) is 9.40. The summed E-state index contributed by atoms with van der Waals surface area (Å²) in [4.78, 5) is 4.13. The van der Waals surface area contributed by atoms with Crippen LogP contribution < -0.4 is 11.1 Å². The maximum Gasteiger partial charge on any atom is 0.128 e. The summed E-state index contributed by atoms with van der Waals surface area (Å²) < 4.78 is 5.10. The average molecular weight is 217 g/mol. The largest absolute Gasteiger partial charge is 0.472 e. The van der Waals surface area contributed by atoms with Crippen LogP contribution in [0.15, 0.2) is 35.3 Å². The molecule has 2 aromatic rings. The summed E-state index contributed by atoms with van der Waals surface area (Å²) in [6.07, 6.45) is 5.09. The second-order valence-corrected chi connectivity index (χ2v) is 3.71. The Morgan fingerprint density at radius 2 is 2.25 bits per heavy atom. The van der Waals surface area contributed by atoms with Crippen molar-refractivity contribution in [2.75, 3.05) is 12.8 Å². The SMILES string of the molecule is CNC(c1ccoc1)c1c(C)ccnc1N. The van der Waals surface area contributed by atoms with Gasteiger partial charge in [0.05, 0.1) is 18.6 Å². The highest BCUT2D eigenvalue weighted by molar-refractivity contribution is 5.49. The van der Waals surface area contributed by atoms with Crippen molar-refractivity contribution >= 4 is 5.82 Å². The van der Waals surface area contributed by atoms with Crippen LogP contribution in [0.5, 0.6) is 0 Å². The lowest BCUT2D eigenvalue weighted by Crippen LogP contribution is -2.20. The maximum absolute atomic E-state index is 5.92. The summed E-state index contributed by atoms with van der Waals surface area (Å²) in [5.41, 5.74) is 9.09. The Kier molecular flexibility index (Phi) is 2.92. The number of aromatic nitrogens is 1. The number of hydrogen-bond donors (Lipinski definition) is 2. The molecular formula is C12H15N3O. The highest BCUT2D eigenvalue weighted by atomic mass is 16.3. The zero-order valence-corrected chi connectivity index (χ0v) is 9.40. The van der Waals surface area contributed by atoms with Crippen LogP contribution >= 0.6 is 0 Å². The van der Waals surface area contributed by atoms with E-state index in [2.05, 4.69) is 10.3 Å². The number of nitrogens with two attached hydrogens (primary N) is 1. The van der Waals surface area contributed by atoms with Gasteiger partial charge in [-0.1, -0.05) is 0 Å². The highest BCUT2D eigenvalue weighted by Crippen LogP contribution is 2.28. The van der Waals surface area contributed by atoms with Crippen LogP contribution in [0, 0.1) is 6.92 Å². The van der Waals surface area contributed by atoms with Gasteiger partial charge in [-0.3, -0.25) is 0 Å². The summed E-state index contributed by atoms with van der Waals surface area (Å²) in [5, 5.41) is 3.22. The maximum atomic E-state index is 5.92. The fourth-order valence-electron chi connectivity index (χ4n) is 1.88. The predicted molar refractivity (Wildman–Crippen MR) is 63.0 cm³/mol. The second kappa shape index (κ2) is 4.37. The molecule has 4 nitrogen and oxygen atoms in total. The smallest absolute Gasteiger partial charge is 0.128 e. The van der Waals surface area contributed by atoms with Crippen molar-refractivity contribution in [3.8, 4) is 0 Å². The molecule has 0 aromatic carbocycles. The number of aryl methyl sites for hydroxylation is 1. The molecular weight excluding hydrogens is 202 g/mol. The van der Waals surface area contributed by atoms with Crippen LogP contribution in [-0.4, -0.2) is 12.0 Å². The lowest BCUT2D eigenvalue weighted by atomic mass is 9.98. The number of furan rings is 1. The van der Waals surface area contributed by atoms with E-state index in [1.165, 1.54) is 0 Å². The number of rotatable bonds is 3. The van der Waals surface area contributed by atoms with Crippen molar-refractivity contribution in [1.29, 1.82) is 0 Å². The van der Waals surface area contributed by atoms with Gasteiger partial charge in [0.1, 0.15) is 5.82 Å². The van der Waals surface area contributed by atoms with Crippen molar-refractivity contribution in [3.05, 3.63) is 47.5 Å². The third kappa shape index (κ3) is 1.79. The average Bonchev–Trinajstić information content (AvgIpc) is 2.77. The van der Waals surface area contributed by atoms with E-state index in [9.17, 15) is 0 Å². The van der Waals surface area contributed by atoms with Crippen LogP contribution in [0.4, 0.5) is 5.82 Å². The minimum Gasteiger partial charge on any atom is -0.472 e. The summed E-state index contributed by atoms with van der Waals surface area (Å²) in [6.45, 7) is 2.03. The molecule has 3 N–H and O–H groups in total. The molecule has 0 saturated heterocycles. The van der Waals surface area contributed by atoms with Gasteiger partial charge in [0, 0.05) is 17.3 Å². The van der Waals surface area contributed by atoms with Gasteiger partial charge < -0.3 is 15.5 Å². The molecule has 0 amide bonds. The first-order valence-corrected chi connectivity index (χ1v) is 5.14. The third-order valence-corrected chi connectivity index (χ3v) is 2.69. The van der Waals surface area contributed by atoms with E-state index in [0.717, 1.165) is 16.7 Å². The highest BCUT2D eigenvalue weighted by Gasteiger charge is 2.18. The molecule has 0 aliphatic carbocycles. The molecule has 84 valence electrons. The van der Waals surface area contributed by atoms with E-state index in [1.54, 1.807) is 18.7 Å². The standard InChI is InChI=1S/C12H15N3O/c1-8-3-5-15-12(13)10(8)11(14-2)9-4-6-16-7-9/h3-7,11,14H,1-2H3,(H2,13,15). The molecule has 0 bridgehead atoms. The molecule has 2 aromatic heterocycles. The number of hydrogen-bond acceptors (Lipinski definition) is 4. The lowest BCUT2D eigenvalue weighted by Gasteiger charge is -2.18.